The lowest BCUT2D eigenvalue weighted by Gasteiger charge is -2.34. The Labute approximate surface area is 141 Å². The average molecular weight is 339 g/mol. The molecule has 0 unspecified atom stereocenters. The molecule has 3 rings (SSSR count). The zero-order chi connectivity index (χ0) is 16.3. The Morgan fingerprint density at radius 2 is 2.48 bits per heavy atom. The van der Waals surface area contributed by atoms with Crippen LogP contribution < -0.4 is 5.32 Å². The number of hydrogen-bond acceptors (Lipinski definition) is 6. The zero-order valence-corrected chi connectivity index (χ0v) is 14.6. The normalized spacial score (nSPS) is 29.1. The van der Waals surface area contributed by atoms with Gasteiger partial charge in [0.05, 0.1) is 24.8 Å². The highest BCUT2D eigenvalue weighted by Gasteiger charge is 2.43. The Kier molecular flexibility index (Phi) is 5.31. The van der Waals surface area contributed by atoms with Crippen molar-refractivity contribution >= 4 is 17.2 Å². The molecule has 0 aliphatic carbocycles. The fourth-order valence-electron chi connectivity index (χ4n) is 3.26. The SMILES string of the molecule is CC(C)N1CCOC[C@@]2(CC[C@H](CNC(=O)c3cscn3)O2)C1. The number of nitrogens with zero attached hydrogens (tertiary/aromatic N) is 2. The van der Waals surface area contributed by atoms with Gasteiger partial charge in [-0.25, -0.2) is 4.98 Å². The molecule has 2 atom stereocenters. The van der Waals surface area contributed by atoms with Gasteiger partial charge in [0.25, 0.3) is 5.91 Å². The maximum atomic E-state index is 12.0. The van der Waals surface area contributed by atoms with Crippen molar-refractivity contribution in [1.29, 1.82) is 0 Å². The number of nitrogens with one attached hydrogen (secondary N) is 1. The summed E-state index contributed by atoms with van der Waals surface area (Å²) in [4.78, 5) is 18.4. The van der Waals surface area contributed by atoms with Gasteiger partial charge in [0.1, 0.15) is 11.3 Å². The first-order valence-electron chi connectivity index (χ1n) is 8.24. The van der Waals surface area contributed by atoms with Gasteiger partial charge in [0.15, 0.2) is 0 Å². The molecule has 3 heterocycles. The second-order valence-corrected chi connectivity index (χ2v) is 7.38. The van der Waals surface area contributed by atoms with Crippen LogP contribution in [0.1, 0.15) is 37.2 Å². The molecular formula is C16H25N3O3S. The van der Waals surface area contributed by atoms with E-state index in [1.807, 2.05) is 0 Å². The quantitative estimate of drug-likeness (QED) is 0.901. The minimum absolute atomic E-state index is 0.0493. The minimum atomic E-state index is -0.225. The van der Waals surface area contributed by atoms with Crippen LogP contribution in [0.15, 0.2) is 10.9 Å². The first kappa shape index (κ1) is 16.8. The maximum Gasteiger partial charge on any atom is 0.270 e. The third kappa shape index (κ3) is 4.09. The van der Waals surface area contributed by atoms with Gasteiger partial charge in [-0.3, -0.25) is 9.69 Å². The van der Waals surface area contributed by atoms with Gasteiger partial charge in [0, 0.05) is 31.1 Å². The lowest BCUT2D eigenvalue weighted by molar-refractivity contribution is -0.0861. The Balaban J connectivity index is 1.53. The Morgan fingerprint density at radius 1 is 1.61 bits per heavy atom. The minimum Gasteiger partial charge on any atom is -0.377 e. The number of hydrogen-bond donors (Lipinski definition) is 1. The Bertz CT molecular complexity index is 523. The van der Waals surface area contributed by atoms with Crippen molar-refractivity contribution < 1.29 is 14.3 Å². The lowest BCUT2D eigenvalue weighted by atomic mass is 9.99. The molecule has 1 N–H and O–H groups in total. The van der Waals surface area contributed by atoms with Crippen LogP contribution in [-0.2, 0) is 9.47 Å². The highest BCUT2D eigenvalue weighted by molar-refractivity contribution is 7.07. The number of amides is 1. The topological polar surface area (TPSA) is 63.7 Å². The highest BCUT2D eigenvalue weighted by atomic mass is 32.1. The molecule has 1 aromatic heterocycles. The lowest BCUT2D eigenvalue weighted by Crippen LogP contribution is -2.47. The van der Waals surface area contributed by atoms with Gasteiger partial charge in [-0.1, -0.05) is 0 Å². The summed E-state index contributed by atoms with van der Waals surface area (Å²) in [6.07, 6.45) is 1.98. The predicted molar refractivity (Wildman–Crippen MR) is 88.8 cm³/mol. The average Bonchev–Trinajstić information content (AvgIpc) is 3.13. The first-order valence-corrected chi connectivity index (χ1v) is 9.18. The van der Waals surface area contributed by atoms with Gasteiger partial charge < -0.3 is 14.8 Å². The van der Waals surface area contributed by atoms with Crippen LogP contribution in [0.4, 0.5) is 0 Å². The van der Waals surface area contributed by atoms with Gasteiger partial charge in [-0.15, -0.1) is 11.3 Å². The van der Waals surface area contributed by atoms with Crippen molar-refractivity contribution in [2.45, 2.75) is 44.4 Å². The molecule has 1 spiro atoms. The van der Waals surface area contributed by atoms with Crippen molar-refractivity contribution in [3.63, 3.8) is 0 Å². The molecule has 0 saturated carbocycles. The molecule has 2 aliphatic rings. The number of ether oxygens (including phenoxy) is 2. The van der Waals surface area contributed by atoms with Gasteiger partial charge in [-0.2, -0.15) is 0 Å². The van der Waals surface area contributed by atoms with Crippen molar-refractivity contribution in [3.05, 3.63) is 16.6 Å². The molecule has 23 heavy (non-hydrogen) atoms. The fraction of sp³-hybridized carbons (Fsp3) is 0.750. The second-order valence-electron chi connectivity index (χ2n) is 6.66. The fourth-order valence-corrected chi connectivity index (χ4v) is 3.79. The van der Waals surface area contributed by atoms with E-state index in [1.54, 1.807) is 10.9 Å². The molecule has 1 aromatic rings. The molecule has 6 nitrogen and oxygen atoms in total. The van der Waals surface area contributed by atoms with Crippen molar-refractivity contribution in [3.8, 4) is 0 Å². The van der Waals surface area contributed by atoms with Crippen LogP contribution in [0.2, 0.25) is 0 Å². The third-order valence-electron chi connectivity index (χ3n) is 4.60. The van der Waals surface area contributed by atoms with Crippen LogP contribution in [0.25, 0.3) is 0 Å². The summed E-state index contributed by atoms with van der Waals surface area (Å²) in [5.74, 6) is -0.128. The Morgan fingerprint density at radius 3 is 3.22 bits per heavy atom. The smallest absolute Gasteiger partial charge is 0.270 e. The van der Waals surface area contributed by atoms with E-state index in [0.29, 0.717) is 24.9 Å². The summed E-state index contributed by atoms with van der Waals surface area (Å²) < 4.78 is 12.1. The largest absolute Gasteiger partial charge is 0.377 e. The molecule has 0 radical (unpaired) electrons. The van der Waals surface area contributed by atoms with Crippen molar-refractivity contribution in [1.82, 2.24) is 15.2 Å². The zero-order valence-electron chi connectivity index (χ0n) is 13.8. The van der Waals surface area contributed by atoms with Crippen LogP contribution >= 0.6 is 11.3 Å². The van der Waals surface area contributed by atoms with Gasteiger partial charge >= 0.3 is 0 Å². The monoisotopic (exact) mass is 339 g/mol. The van der Waals surface area contributed by atoms with Crippen LogP contribution in [-0.4, -0.2) is 66.4 Å². The molecule has 2 aliphatic heterocycles. The summed E-state index contributed by atoms with van der Waals surface area (Å²) in [6, 6.07) is 0.487. The number of rotatable bonds is 4. The molecule has 0 bridgehead atoms. The Hall–Kier alpha value is -1.02. The molecule has 2 fully saturated rings. The predicted octanol–water partition coefficient (Wildman–Crippen LogP) is 1.53. The number of thiazole rings is 1. The second kappa shape index (κ2) is 7.25. The van der Waals surface area contributed by atoms with E-state index in [1.165, 1.54) is 11.3 Å². The summed E-state index contributed by atoms with van der Waals surface area (Å²) in [6.45, 7) is 8.20. The number of aromatic nitrogens is 1. The molecule has 128 valence electrons. The van der Waals surface area contributed by atoms with E-state index in [0.717, 1.165) is 32.5 Å². The summed E-state index contributed by atoms with van der Waals surface area (Å²) in [5.41, 5.74) is 1.92. The summed E-state index contributed by atoms with van der Waals surface area (Å²) >= 11 is 1.42. The van der Waals surface area contributed by atoms with E-state index in [4.69, 9.17) is 9.47 Å². The molecule has 0 aromatic carbocycles. The van der Waals surface area contributed by atoms with E-state index in [-0.39, 0.29) is 17.6 Å². The molecule has 1 amide bonds. The van der Waals surface area contributed by atoms with Crippen molar-refractivity contribution in [2.75, 3.05) is 32.8 Å². The summed E-state index contributed by atoms with van der Waals surface area (Å²) in [7, 11) is 0. The maximum absolute atomic E-state index is 12.0. The van der Waals surface area contributed by atoms with E-state index >= 15 is 0 Å². The van der Waals surface area contributed by atoms with Crippen molar-refractivity contribution in [2.24, 2.45) is 0 Å². The number of carbonyl (C=O) groups is 1. The summed E-state index contributed by atoms with van der Waals surface area (Å²) in [5, 5.41) is 4.68. The van der Waals surface area contributed by atoms with E-state index in [9.17, 15) is 4.79 Å². The van der Waals surface area contributed by atoms with Gasteiger partial charge in [0.2, 0.25) is 0 Å². The van der Waals surface area contributed by atoms with Crippen LogP contribution in [0.5, 0.6) is 0 Å². The molecular weight excluding hydrogens is 314 g/mol. The standard InChI is InChI=1S/C16H25N3O3S/c1-12(2)19-5-6-21-10-16(9-19)4-3-13(22-16)7-17-15(20)14-8-23-11-18-14/h8,11-13H,3-7,9-10H2,1-2H3,(H,17,20)/t13-,16-/m1/s1. The number of carbonyl (C=O) groups excluding carboxylic acids is 1. The first-order chi connectivity index (χ1) is 11.1. The molecule has 2 saturated heterocycles. The van der Waals surface area contributed by atoms with Crippen LogP contribution in [0.3, 0.4) is 0 Å². The highest BCUT2D eigenvalue weighted by Crippen LogP contribution is 2.33. The molecule has 7 heteroatoms. The van der Waals surface area contributed by atoms with Crippen LogP contribution in [0, 0.1) is 0 Å². The van der Waals surface area contributed by atoms with E-state index in [2.05, 4.69) is 29.0 Å². The third-order valence-corrected chi connectivity index (χ3v) is 5.19. The van der Waals surface area contributed by atoms with E-state index < -0.39 is 0 Å². The van der Waals surface area contributed by atoms with Gasteiger partial charge in [-0.05, 0) is 26.7 Å².